The molecule has 0 aliphatic heterocycles. The monoisotopic (exact) mass is 902 g/mol. The number of aliphatic carboxylic acids is 2. The molecule has 0 aliphatic carbocycles. The van der Waals surface area contributed by atoms with Crippen LogP contribution in [0.5, 0.6) is 0 Å². The molecule has 0 radical (unpaired) electrons. The highest BCUT2D eigenvalue weighted by atomic mass is 32.1. The van der Waals surface area contributed by atoms with Crippen molar-refractivity contribution in [2.45, 2.75) is 69.6 Å². The summed E-state index contributed by atoms with van der Waals surface area (Å²) < 4.78 is 0. The van der Waals surface area contributed by atoms with E-state index < -0.39 is 84.5 Å². The van der Waals surface area contributed by atoms with Crippen molar-refractivity contribution in [3.63, 3.8) is 0 Å². The summed E-state index contributed by atoms with van der Waals surface area (Å²) >= 11 is 1.37. The Hall–Kier alpha value is -7.66. The molecule has 0 saturated carbocycles. The topological polar surface area (TPSA) is 249 Å². The number of carbonyl (C=O) groups is 8. The molecule has 8 N–H and O–H groups in total. The van der Waals surface area contributed by atoms with Crippen LogP contribution in [-0.4, -0.2) is 88.3 Å². The molecular weight excluding hydrogens is 853 g/mol. The second-order valence-corrected chi connectivity index (χ2v) is 16.2. The molecule has 0 fully saturated rings. The van der Waals surface area contributed by atoms with Gasteiger partial charge >= 0.3 is 11.9 Å². The van der Waals surface area contributed by atoms with Gasteiger partial charge in [-0.05, 0) is 52.8 Å². The van der Waals surface area contributed by atoms with Gasteiger partial charge in [-0.1, -0.05) is 109 Å². The van der Waals surface area contributed by atoms with E-state index in [4.69, 9.17) is 5.11 Å². The Morgan fingerprint density at radius 2 is 1.06 bits per heavy atom. The van der Waals surface area contributed by atoms with E-state index in [-0.39, 0.29) is 32.1 Å². The van der Waals surface area contributed by atoms with Crippen LogP contribution in [-0.2, 0) is 57.6 Å². The first-order valence-corrected chi connectivity index (χ1v) is 21.6. The maximum absolute atomic E-state index is 14.4. The Morgan fingerprint density at radius 1 is 0.523 bits per heavy atom. The highest BCUT2D eigenvalue weighted by molar-refractivity contribution is 7.09. The van der Waals surface area contributed by atoms with Crippen molar-refractivity contribution in [1.82, 2.24) is 26.6 Å². The van der Waals surface area contributed by atoms with Crippen LogP contribution in [0.3, 0.4) is 0 Å². The average molecular weight is 903 g/mol. The van der Waals surface area contributed by atoms with Gasteiger partial charge in [-0.25, -0.2) is 4.79 Å². The molecule has 1 heterocycles. The Morgan fingerprint density at radius 3 is 1.65 bits per heavy atom. The fourth-order valence-electron chi connectivity index (χ4n) is 6.62. The maximum Gasteiger partial charge on any atom is 0.326 e. The second-order valence-electron chi connectivity index (χ2n) is 15.2. The van der Waals surface area contributed by atoms with E-state index in [0.29, 0.717) is 16.8 Å². The summed E-state index contributed by atoms with van der Waals surface area (Å²) in [6.07, 6.45) is -1.32. The van der Waals surface area contributed by atoms with E-state index in [9.17, 15) is 43.5 Å². The smallest absolute Gasteiger partial charge is 0.326 e. The van der Waals surface area contributed by atoms with Crippen LogP contribution in [0.25, 0.3) is 11.1 Å². The minimum absolute atomic E-state index is 0.0479. The van der Waals surface area contributed by atoms with E-state index in [1.165, 1.54) is 11.3 Å². The normalized spacial score (nSPS) is 12.6. The highest BCUT2D eigenvalue weighted by Crippen LogP contribution is 2.20. The standard InChI is InChI=1S/C48H50N6O10S/c1-30-14-20-35(21-15-30)50-41(55)22-23-42(56)51-39(27-36-13-8-24-65-36)47(62)54-38(26-32-16-18-34(19-17-32)33-11-6-3-7-12-33)46(61)53-37(25-31-9-4-2-5-10-31)45(60)49-29-43(57)52-40(48(63)64)28-44(58)59/h2-21,24,37-40H,22-23,25-29H2,1H3,(H,49,60)(H,50,55)(H,51,56)(H,52,57)(H,53,61)(H,54,62)(H,58,59)(H,63,64)/t37-,38+,39-,40+/m1/s1. The summed E-state index contributed by atoms with van der Waals surface area (Å²) in [7, 11) is 0. The molecule has 4 aromatic carbocycles. The Bertz CT molecular complexity index is 2410. The number of anilines is 1. The third-order valence-corrected chi connectivity index (χ3v) is 10.9. The van der Waals surface area contributed by atoms with Gasteiger partial charge in [-0.2, -0.15) is 0 Å². The van der Waals surface area contributed by atoms with E-state index in [1.54, 1.807) is 54.6 Å². The van der Waals surface area contributed by atoms with Gasteiger partial charge in [0.25, 0.3) is 0 Å². The Kier molecular flexibility index (Phi) is 18.1. The fraction of sp³-hybridized carbons (Fsp3) is 0.250. The summed E-state index contributed by atoms with van der Waals surface area (Å²) in [5.74, 6) is -7.28. The number of amides is 6. The van der Waals surface area contributed by atoms with Gasteiger partial charge in [-0.3, -0.25) is 33.6 Å². The molecular formula is C48H50N6O10S. The van der Waals surface area contributed by atoms with Gasteiger partial charge in [-0.15, -0.1) is 11.3 Å². The zero-order valence-electron chi connectivity index (χ0n) is 35.5. The first-order chi connectivity index (χ1) is 31.2. The molecule has 0 spiro atoms. The van der Waals surface area contributed by atoms with Crippen LogP contribution in [0.4, 0.5) is 5.69 Å². The van der Waals surface area contributed by atoms with E-state index in [2.05, 4.69) is 31.9 Å². The third-order valence-electron chi connectivity index (χ3n) is 10.0. The molecule has 17 heteroatoms. The number of benzene rings is 4. The summed E-state index contributed by atoms with van der Waals surface area (Å²) in [6.45, 7) is 1.18. The lowest BCUT2D eigenvalue weighted by Gasteiger charge is -2.26. The van der Waals surface area contributed by atoms with Crippen molar-refractivity contribution < 1.29 is 48.6 Å². The lowest BCUT2D eigenvalue weighted by molar-refractivity contribution is -0.147. The lowest BCUT2D eigenvalue weighted by atomic mass is 9.99. The molecule has 6 amide bonds. The molecule has 16 nitrogen and oxygen atoms in total. The van der Waals surface area contributed by atoms with Crippen LogP contribution in [0.2, 0.25) is 0 Å². The van der Waals surface area contributed by atoms with Crippen molar-refractivity contribution in [3.05, 3.63) is 148 Å². The summed E-state index contributed by atoms with van der Waals surface area (Å²) in [5, 5.41) is 35.7. The van der Waals surface area contributed by atoms with Crippen LogP contribution in [0.15, 0.2) is 127 Å². The van der Waals surface area contributed by atoms with Gasteiger partial charge in [0.05, 0.1) is 13.0 Å². The second kappa shape index (κ2) is 24.3. The predicted molar refractivity (Wildman–Crippen MR) is 243 cm³/mol. The van der Waals surface area contributed by atoms with Crippen LogP contribution >= 0.6 is 11.3 Å². The Labute approximate surface area is 379 Å². The minimum Gasteiger partial charge on any atom is -0.481 e. The summed E-state index contributed by atoms with van der Waals surface area (Å²) in [5.41, 5.74) is 4.75. The lowest BCUT2D eigenvalue weighted by Crippen LogP contribution is -2.58. The number of carboxylic acid groups (broad SMARTS) is 2. The summed E-state index contributed by atoms with van der Waals surface area (Å²) in [4.78, 5) is 104. The van der Waals surface area contributed by atoms with Gasteiger partial charge in [0.2, 0.25) is 35.4 Å². The predicted octanol–water partition coefficient (Wildman–Crippen LogP) is 3.79. The minimum atomic E-state index is -1.75. The van der Waals surface area contributed by atoms with Crippen LogP contribution in [0, 0.1) is 6.92 Å². The summed E-state index contributed by atoms with van der Waals surface area (Å²) in [6, 6.07) is 30.9. The first kappa shape index (κ1) is 48.4. The van der Waals surface area contributed by atoms with E-state index in [1.807, 2.05) is 79.0 Å². The van der Waals surface area contributed by atoms with E-state index in [0.717, 1.165) is 21.6 Å². The molecule has 65 heavy (non-hydrogen) atoms. The van der Waals surface area contributed by atoms with Crippen molar-refractivity contribution in [2.75, 3.05) is 11.9 Å². The van der Waals surface area contributed by atoms with Crippen molar-refractivity contribution in [1.29, 1.82) is 0 Å². The zero-order valence-corrected chi connectivity index (χ0v) is 36.3. The quantitative estimate of drug-likeness (QED) is 0.0471. The van der Waals surface area contributed by atoms with Crippen LogP contribution < -0.4 is 31.9 Å². The van der Waals surface area contributed by atoms with Crippen LogP contribution in [0.1, 0.15) is 40.8 Å². The number of carboxylic acids is 2. The fourth-order valence-corrected chi connectivity index (χ4v) is 7.37. The highest BCUT2D eigenvalue weighted by Gasteiger charge is 2.31. The van der Waals surface area contributed by atoms with Gasteiger partial charge in [0, 0.05) is 42.7 Å². The molecule has 5 rings (SSSR count). The molecule has 0 saturated heterocycles. The van der Waals surface area contributed by atoms with Crippen molar-refractivity contribution in [3.8, 4) is 11.1 Å². The molecule has 0 unspecified atom stereocenters. The maximum atomic E-state index is 14.4. The Balaban J connectivity index is 1.35. The molecule has 338 valence electrons. The van der Waals surface area contributed by atoms with Gasteiger partial charge in [0.1, 0.15) is 24.2 Å². The van der Waals surface area contributed by atoms with Gasteiger partial charge in [0.15, 0.2) is 0 Å². The molecule has 0 bridgehead atoms. The average Bonchev–Trinajstić information content (AvgIpc) is 3.81. The van der Waals surface area contributed by atoms with Crippen molar-refractivity contribution in [2.24, 2.45) is 0 Å². The number of hydrogen-bond acceptors (Lipinski definition) is 9. The van der Waals surface area contributed by atoms with Gasteiger partial charge < -0.3 is 42.1 Å². The SMILES string of the molecule is Cc1ccc(NC(=O)CCC(=O)N[C@H](Cc2cccs2)C(=O)N[C@@H](Cc2ccc(-c3ccccc3)cc2)C(=O)N[C@H](Cc2ccccc2)C(=O)NCC(=O)N[C@@H](CC(=O)O)C(=O)O)cc1. The number of nitrogens with one attached hydrogen (secondary N) is 6. The number of carbonyl (C=O) groups excluding carboxylic acids is 6. The molecule has 4 atom stereocenters. The largest absolute Gasteiger partial charge is 0.481 e. The zero-order chi connectivity index (χ0) is 46.7. The molecule has 1 aromatic heterocycles. The van der Waals surface area contributed by atoms with Crippen molar-refractivity contribution >= 4 is 64.4 Å². The number of thiophene rings is 1. The number of hydrogen-bond donors (Lipinski definition) is 8. The number of rotatable bonds is 23. The first-order valence-electron chi connectivity index (χ1n) is 20.7. The van der Waals surface area contributed by atoms with E-state index >= 15 is 0 Å². The number of aryl methyl sites for hydroxylation is 1. The molecule has 0 aliphatic rings. The third kappa shape index (κ3) is 16.2. The molecule has 5 aromatic rings.